The molecule has 0 amide bonds. The number of nitrogen functional groups attached to an aromatic ring is 1. The van der Waals surface area contributed by atoms with Crippen molar-refractivity contribution >= 4 is 19.2 Å². The van der Waals surface area contributed by atoms with Crippen LogP contribution in [0, 0.1) is 11.3 Å². The average Bonchev–Trinajstić information content (AvgIpc) is 4.01. The standard InChI is InChI=1S/C43H65N8O9P/c1-3-4-5-6-7-8-9-10-11-12-13-14-15-16-17-18-23-56-27-35(57-26-33-19-20-34(25-44)38(24-33)50-32-46-30-48-50)28-58-61(54,55)59-29-43(2)41(53)39(52)40(60-43)36-21-22-37-42(45)47-31-49-51(36)37/h19-22,24,30-32,35,39-41,52-53H,3-18,23,26-29H2,1-2H3,(H,54,55)(H2,45,47,49)/t35-,39+,40+,41+,43-/m1/s1. The number of hydrogen-bond acceptors (Lipinski definition) is 14. The highest BCUT2D eigenvalue weighted by atomic mass is 31.2. The van der Waals surface area contributed by atoms with Crippen molar-refractivity contribution in [1.82, 2.24) is 29.4 Å². The second kappa shape index (κ2) is 24.7. The number of nitrogens with two attached hydrogens (primary N) is 1. The smallest absolute Gasteiger partial charge is 0.387 e. The maximum atomic E-state index is 13.2. The maximum Gasteiger partial charge on any atom is 0.472 e. The van der Waals surface area contributed by atoms with Gasteiger partial charge in [-0.25, -0.2) is 23.7 Å². The molecule has 0 radical (unpaired) electrons. The van der Waals surface area contributed by atoms with Crippen molar-refractivity contribution in [2.24, 2.45) is 0 Å². The first-order chi connectivity index (χ1) is 29.5. The van der Waals surface area contributed by atoms with Crippen LogP contribution in [0.3, 0.4) is 0 Å². The normalized spacial score (nSPS) is 20.6. The van der Waals surface area contributed by atoms with E-state index in [2.05, 4.69) is 33.2 Å². The molecule has 336 valence electrons. The van der Waals surface area contributed by atoms with Crippen molar-refractivity contribution in [2.75, 3.05) is 32.2 Å². The van der Waals surface area contributed by atoms with Gasteiger partial charge in [0, 0.05) is 6.61 Å². The molecule has 1 aliphatic rings. The third kappa shape index (κ3) is 14.6. The number of hydrogen-bond donors (Lipinski definition) is 4. The molecular weight excluding hydrogens is 803 g/mol. The van der Waals surface area contributed by atoms with E-state index in [1.807, 2.05) is 0 Å². The molecule has 1 aliphatic heterocycles. The van der Waals surface area contributed by atoms with Crippen LogP contribution in [0.5, 0.6) is 0 Å². The van der Waals surface area contributed by atoms with Gasteiger partial charge in [-0.15, -0.1) is 0 Å². The van der Waals surface area contributed by atoms with E-state index in [4.69, 9.17) is 29.0 Å². The highest BCUT2D eigenvalue weighted by molar-refractivity contribution is 7.47. The van der Waals surface area contributed by atoms with Crippen molar-refractivity contribution in [1.29, 1.82) is 5.26 Å². The first-order valence-electron chi connectivity index (χ1n) is 21.9. The van der Waals surface area contributed by atoms with Gasteiger partial charge in [-0.2, -0.15) is 15.5 Å². The Hall–Kier alpha value is -3.82. The molecule has 17 nitrogen and oxygen atoms in total. The number of ether oxygens (including phenoxy) is 3. The number of nitriles is 1. The van der Waals surface area contributed by atoms with Crippen LogP contribution >= 0.6 is 7.82 Å². The summed E-state index contributed by atoms with van der Waals surface area (Å²) < 4.78 is 45.1. The Morgan fingerprint density at radius 2 is 1.59 bits per heavy atom. The van der Waals surface area contributed by atoms with E-state index in [0.717, 1.165) is 19.3 Å². The number of unbranched alkanes of at least 4 members (excludes halogenated alkanes) is 15. The van der Waals surface area contributed by atoms with Gasteiger partial charge in [-0.05, 0) is 43.2 Å². The molecule has 1 saturated heterocycles. The molecule has 61 heavy (non-hydrogen) atoms. The molecule has 5 N–H and O–H groups in total. The number of phosphoric ester groups is 1. The van der Waals surface area contributed by atoms with Gasteiger partial charge in [-0.3, -0.25) is 9.05 Å². The Bertz CT molecular complexity index is 1980. The first kappa shape index (κ1) is 48.2. The second-order valence-electron chi connectivity index (χ2n) is 16.1. The van der Waals surface area contributed by atoms with Gasteiger partial charge >= 0.3 is 7.82 Å². The molecule has 4 heterocycles. The fraction of sp³-hybridized carbons (Fsp3) is 0.651. The van der Waals surface area contributed by atoms with Crippen LogP contribution in [-0.2, 0) is 34.4 Å². The van der Waals surface area contributed by atoms with Crippen LogP contribution in [0.4, 0.5) is 5.82 Å². The SMILES string of the molecule is CCCCCCCCCCCCCCCCCCOC[C@H](COP(=O)(O)OC[C@@]1(C)O[C@@H](c2ccc3c(N)ncnn23)[C@H](O)[C@@H]1O)OCc1ccc(C#N)c(-n2cncn2)c1. The summed E-state index contributed by atoms with van der Waals surface area (Å²) in [5.41, 5.74) is 6.89. The van der Waals surface area contributed by atoms with E-state index >= 15 is 0 Å². The number of aliphatic hydroxyl groups excluding tert-OH is 2. The quantitative estimate of drug-likeness (QED) is 0.0297. The fourth-order valence-electron chi connectivity index (χ4n) is 7.53. The van der Waals surface area contributed by atoms with Crippen molar-refractivity contribution in [2.45, 2.75) is 153 Å². The molecule has 5 rings (SSSR count). The van der Waals surface area contributed by atoms with E-state index in [0.29, 0.717) is 34.6 Å². The van der Waals surface area contributed by atoms with E-state index in [-0.39, 0.29) is 25.6 Å². The predicted octanol–water partition coefficient (Wildman–Crippen LogP) is 7.31. The minimum atomic E-state index is -4.74. The summed E-state index contributed by atoms with van der Waals surface area (Å²) in [4.78, 5) is 18.7. The first-order valence-corrected chi connectivity index (χ1v) is 23.4. The molecule has 0 saturated carbocycles. The predicted molar refractivity (Wildman–Crippen MR) is 228 cm³/mol. The Morgan fingerprint density at radius 3 is 2.23 bits per heavy atom. The average molecular weight is 869 g/mol. The van der Waals surface area contributed by atoms with Crippen molar-refractivity contribution in [3.63, 3.8) is 0 Å². The van der Waals surface area contributed by atoms with Gasteiger partial charge in [0.25, 0.3) is 0 Å². The van der Waals surface area contributed by atoms with Crippen LogP contribution in [0.15, 0.2) is 49.3 Å². The molecular formula is C43H65N8O9P. The maximum absolute atomic E-state index is 13.2. The summed E-state index contributed by atoms with van der Waals surface area (Å²) in [6.07, 6.45) is 19.8. The Morgan fingerprint density at radius 1 is 0.918 bits per heavy atom. The van der Waals surface area contributed by atoms with Gasteiger partial charge < -0.3 is 35.1 Å². The molecule has 1 aromatic carbocycles. The summed E-state index contributed by atoms with van der Waals surface area (Å²) in [5.74, 6) is 0.222. The molecule has 6 atom stereocenters. The number of anilines is 1. The summed E-state index contributed by atoms with van der Waals surface area (Å²) in [6, 6.07) is 10.6. The molecule has 18 heteroatoms. The highest BCUT2D eigenvalue weighted by Crippen LogP contribution is 2.47. The molecule has 4 aromatic rings. The van der Waals surface area contributed by atoms with Gasteiger partial charge in [0.05, 0.1) is 43.4 Å². The number of benzene rings is 1. The van der Waals surface area contributed by atoms with Crippen LogP contribution in [-0.4, -0.2) is 94.8 Å². The zero-order valence-corrected chi connectivity index (χ0v) is 36.6. The topological polar surface area (TPSA) is 235 Å². The summed E-state index contributed by atoms with van der Waals surface area (Å²) >= 11 is 0. The van der Waals surface area contributed by atoms with Gasteiger partial charge in [0.15, 0.2) is 5.82 Å². The summed E-state index contributed by atoms with van der Waals surface area (Å²) in [5, 5.41) is 39.9. The van der Waals surface area contributed by atoms with E-state index in [1.54, 1.807) is 30.3 Å². The highest BCUT2D eigenvalue weighted by Gasteiger charge is 2.53. The largest absolute Gasteiger partial charge is 0.472 e. The Labute approximate surface area is 359 Å². The van der Waals surface area contributed by atoms with E-state index in [9.17, 15) is 24.9 Å². The van der Waals surface area contributed by atoms with Crippen molar-refractivity contribution < 1.29 is 42.9 Å². The Kier molecular flexibility index (Phi) is 19.5. The third-order valence-corrected chi connectivity index (χ3v) is 12.1. The van der Waals surface area contributed by atoms with E-state index in [1.165, 1.54) is 119 Å². The molecule has 1 fully saturated rings. The van der Waals surface area contributed by atoms with Crippen LogP contribution in [0.1, 0.15) is 140 Å². The minimum Gasteiger partial charge on any atom is -0.387 e. The number of rotatable bonds is 30. The van der Waals surface area contributed by atoms with Crippen molar-refractivity contribution in [3.8, 4) is 11.8 Å². The lowest BCUT2D eigenvalue weighted by atomic mass is 9.97. The lowest BCUT2D eigenvalue weighted by Crippen LogP contribution is -2.44. The lowest BCUT2D eigenvalue weighted by molar-refractivity contribution is -0.102. The Balaban J connectivity index is 1.07. The second-order valence-corrected chi connectivity index (χ2v) is 17.6. The molecule has 0 bridgehead atoms. The van der Waals surface area contributed by atoms with Gasteiger partial charge in [-0.1, -0.05) is 109 Å². The van der Waals surface area contributed by atoms with Crippen LogP contribution < -0.4 is 5.73 Å². The number of phosphoric acid groups is 1. The van der Waals surface area contributed by atoms with Crippen LogP contribution in [0.25, 0.3) is 11.2 Å². The zero-order valence-electron chi connectivity index (χ0n) is 35.7. The number of aromatic nitrogens is 6. The van der Waals surface area contributed by atoms with Gasteiger partial charge in [0.1, 0.15) is 60.6 Å². The molecule has 1 unspecified atom stereocenters. The molecule has 3 aromatic heterocycles. The third-order valence-electron chi connectivity index (χ3n) is 11.2. The molecule has 0 spiro atoms. The fourth-order valence-corrected chi connectivity index (χ4v) is 8.38. The number of nitrogens with zero attached hydrogens (tertiary/aromatic N) is 7. The van der Waals surface area contributed by atoms with E-state index < -0.39 is 44.4 Å². The summed E-state index contributed by atoms with van der Waals surface area (Å²) in [7, 11) is -4.74. The lowest BCUT2D eigenvalue weighted by Gasteiger charge is -2.28. The zero-order chi connectivity index (χ0) is 43.5. The summed E-state index contributed by atoms with van der Waals surface area (Å²) in [6.45, 7) is 3.42. The van der Waals surface area contributed by atoms with Crippen molar-refractivity contribution in [3.05, 3.63) is 66.1 Å². The minimum absolute atomic E-state index is 0.0722. The monoisotopic (exact) mass is 868 g/mol. The van der Waals surface area contributed by atoms with Crippen LogP contribution in [0.2, 0.25) is 0 Å². The molecule has 0 aliphatic carbocycles. The number of fused-ring (bicyclic) bond motifs is 1. The van der Waals surface area contributed by atoms with Gasteiger partial charge in [0.2, 0.25) is 0 Å². The number of aliphatic hydroxyl groups is 2.